The van der Waals surface area contributed by atoms with Crippen molar-refractivity contribution in [1.82, 2.24) is 0 Å². The predicted octanol–water partition coefficient (Wildman–Crippen LogP) is 1.98. The Morgan fingerprint density at radius 2 is 2.27 bits per heavy atom. The zero-order valence-corrected chi connectivity index (χ0v) is 7.81. The van der Waals surface area contributed by atoms with Crippen LogP contribution in [-0.4, -0.2) is 11.7 Å². The normalized spacial score (nSPS) is 8.67. The van der Waals surface area contributed by atoms with Crippen molar-refractivity contribution in [2.75, 3.05) is 6.54 Å². The summed E-state index contributed by atoms with van der Waals surface area (Å²) in [5.74, 6) is 4.74. The zero-order valence-electron chi connectivity index (χ0n) is 7.81. The molecule has 15 heavy (non-hydrogen) atoms. The summed E-state index contributed by atoms with van der Waals surface area (Å²) >= 11 is 0. The number of hydrogen-bond donors (Lipinski definition) is 1. The summed E-state index contributed by atoms with van der Waals surface area (Å²) in [6.07, 6.45) is 0. The zero-order chi connectivity index (χ0) is 11.1. The Balaban J connectivity index is 2.87. The Labute approximate surface area is 86.0 Å². The smallest absolute Gasteiger partial charge is 0.124 e. The highest BCUT2D eigenvalue weighted by molar-refractivity contribution is 5.37. The van der Waals surface area contributed by atoms with Crippen molar-refractivity contribution in [3.63, 3.8) is 0 Å². The highest BCUT2D eigenvalue weighted by atomic mass is 19.1. The van der Waals surface area contributed by atoms with Crippen molar-refractivity contribution in [3.05, 3.63) is 45.6 Å². The third-order valence-corrected chi connectivity index (χ3v) is 1.59. The molecule has 76 valence electrons. The van der Waals surface area contributed by atoms with Gasteiger partial charge in [0.1, 0.15) is 5.82 Å². The third kappa shape index (κ3) is 3.69. The highest BCUT2D eigenvalue weighted by Crippen LogP contribution is 2.08. The molecular weight excluding hydrogens is 197 g/mol. The maximum absolute atomic E-state index is 12.9. The third-order valence-electron chi connectivity index (χ3n) is 1.59. The van der Waals surface area contributed by atoms with Gasteiger partial charge in [0.15, 0.2) is 0 Å². The molecule has 0 aliphatic heterocycles. The molecule has 1 aromatic rings. The summed E-state index contributed by atoms with van der Waals surface area (Å²) in [5.41, 5.74) is 8.90. The van der Waals surface area contributed by atoms with Gasteiger partial charge in [0, 0.05) is 10.5 Å². The molecule has 0 radical (unpaired) electrons. The van der Waals surface area contributed by atoms with Crippen molar-refractivity contribution in [3.8, 4) is 11.8 Å². The topological polar surface area (TPSA) is 69.0 Å². The maximum atomic E-state index is 12.9. The Bertz CT molecular complexity index is 455. The van der Waals surface area contributed by atoms with E-state index < -0.39 is 5.82 Å². The van der Waals surface area contributed by atoms with E-state index in [1.807, 2.05) is 0 Å². The molecule has 0 heterocycles. The SMILES string of the molecule is [N-]=[N+]=NCC#Cc1cc(F)cc(CO)c1. The van der Waals surface area contributed by atoms with E-state index in [2.05, 4.69) is 21.9 Å². The Morgan fingerprint density at radius 1 is 1.47 bits per heavy atom. The molecule has 1 rings (SSSR count). The summed E-state index contributed by atoms with van der Waals surface area (Å²) in [6.45, 7) is -0.190. The van der Waals surface area contributed by atoms with Crippen LogP contribution in [0.2, 0.25) is 0 Å². The lowest BCUT2D eigenvalue weighted by Crippen LogP contribution is -1.87. The number of rotatable bonds is 2. The molecule has 0 atom stereocenters. The van der Waals surface area contributed by atoms with Crippen molar-refractivity contribution >= 4 is 0 Å². The fourth-order valence-corrected chi connectivity index (χ4v) is 1.02. The van der Waals surface area contributed by atoms with Crippen molar-refractivity contribution in [2.45, 2.75) is 6.61 Å². The largest absolute Gasteiger partial charge is 0.392 e. The van der Waals surface area contributed by atoms with E-state index in [4.69, 9.17) is 10.6 Å². The average molecular weight is 205 g/mol. The molecule has 0 aliphatic rings. The summed E-state index contributed by atoms with van der Waals surface area (Å²) in [4.78, 5) is 2.53. The van der Waals surface area contributed by atoms with Crippen LogP contribution in [0.25, 0.3) is 10.4 Å². The van der Waals surface area contributed by atoms with Crippen molar-refractivity contribution < 1.29 is 9.50 Å². The van der Waals surface area contributed by atoms with Crippen LogP contribution in [-0.2, 0) is 6.61 Å². The summed E-state index contributed by atoms with van der Waals surface area (Å²) in [7, 11) is 0. The van der Waals surface area contributed by atoms with Gasteiger partial charge in [-0.3, -0.25) is 0 Å². The molecular formula is C10H8FN3O. The molecule has 1 aromatic carbocycles. The van der Waals surface area contributed by atoms with E-state index in [1.54, 1.807) is 6.07 Å². The molecule has 4 nitrogen and oxygen atoms in total. The van der Waals surface area contributed by atoms with Crippen molar-refractivity contribution in [2.24, 2.45) is 5.11 Å². The second kappa shape index (κ2) is 5.66. The van der Waals surface area contributed by atoms with Crippen LogP contribution in [0.1, 0.15) is 11.1 Å². The van der Waals surface area contributed by atoms with E-state index in [-0.39, 0.29) is 13.2 Å². The van der Waals surface area contributed by atoms with Gasteiger partial charge in [-0.25, -0.2) is 4.39 Å². The predicted molar refractivity (Wildman–Crippen MR) is 53.2 cm³/mol. The van der Waals surface area contributed by atoms with Gasteiger partial charge >= 0.3 is 0 Å². The van der Waals surface area contributed by atoms with E-state index in [9.17, 15) is 4.39 Å². The van der Waals surface area contributed by atoms with Gasteiger partial charge in [-0.1, -0.05) is 17.0 Å². The van der Waals surface area contributed by atoms with Gasteiger partial charge in [0.2, 0.25) is 0 Å². The van der Waals surface area contributed by atoms with Gasteiger partial charge in [-0.05, 0) is 29.3 Å². The van der Waals surface area contributed by atoms with Crippen molar-refractivity contribution in [1.29, 1.82) is 0 Å². The van der Waals surface area contributed by atoms with Crippen LogP contribution >= 0.6 is 0 Å². The first kappa shape index (κ1) is 11.1. The van der Waals surface area contributed by atoms with Crippen LogP contribution in [0.4, 0.5) is 4.39 Å². The first-order chi connectivity index (χ1) is 7.26. The lowest BCUT2D eigenvalue weighted by atomic mass is 10.1. The molecule has 0 fully saturated rings. The number of nitrogens with zero attached hydrogens (tertiary/aromatic N) is 3. The molecule has 0 saturated carbocycles. The van der Waals surface area contributed by atoms with Crippen LogP contribution < -0.4 is 0 Å². The molecule has 1 N–H and O–H groups in total. The first-order valence-electron chi connectivity index (χ1n) is 4.16. The number of hydrogen-bond acceptors (Lipinski definition) is 2. The van der Waals surface area contributed by atoms with Crippen LogP contribution in [0.3, 0.4) is 0 Å². The molecule has 0 amide bonds. The minimum absolute atomic E-state index is 0.0431. The Kier molecular flexibility index (Phi) is 4.17. The second-order valence-electron chi connectivity index (χ2n) is 2.70. The number of benzene rings is 1. The number of aliphatic hydroxyl groups excluding tert-OH is 1. The number of halogens is 1. The van der Waals surface area contributed by atoms with Gasteiger partial charge in [-0.2, -0.15) is 0 Å². The van der Waals surface area contributed by atoms with Gasteiger partial charge < -0.3 is 5.11 Å². The Morgan fingerprint density at radius 3 is 2.93 bits per heavy atom. The van der Waals surface area contributed by atoms with Crippen LogP contribution in [0.5, 0.6) is 0 Å². The first-order valence-corrected chi connectivity index (χ1v) is 4.16. The summed E-state index contributed by atoms with van der Waals surface area (Å²) < 4.78 is 12.9. The number of aliphatic hydroxyl groups is 1. The maximum Gasteiger partial charge on any atom is 0.124 e. The lowest BCUT2D eigenvalue weighted by molar-refractivity contribution is 0.281. The number of azide groups is 1. The van der Waals surface area contributed by atoms with E-state index in [0.29, 0.717) is 11.1 Å². The molecule has 0 bridgehead atoms. The Hall–Kier alpha value is -2.02. The molecule has 0 aliphatic carbocycles. The minimum Gasteiger partial charge on any atom is -0.392 e. The van der Waals surface area contributed by atoms with Crippen LogP contribution in [0.15, 0.2) is 23.3 Å². The molecule has 0 aromatic heterocycles. The minimum atomic E-state index is -0.449. The van der Waals surface area contributed by atoms with E-state index >= 15 is 0 Å². The van der Waals surface area contributed by atoms with Gasteiger partial charge in [0.05, 0.1) is 13.2 Å². The summed E-state index contributed by atoms with van der Waals surface area (Å²) in [6, 6.07) is 4.06. The van der Waals surface area contributed by atoms with E-state index in [1.165, 1.54) is 12.1 Å². The fraction of sp³-hybridized carbons (Fsp3) is 0.200. The van der Waals surface area contributed by atoms with Crippen LogP contribution in [0, 0.1) is 17.7 Å². The molecule has 0 spiro atoms. The summed E-state index contributed by atoms with van der Waals surface area (Å²) in [5, 5.41) is 12.0. The highest BCUT2D eigenvalue weighted by Gasteiger charge is 1.97. The standard InChI is InChI=1S/C10H8FN3O/c11-10-5-8(2-1-3-13-14-12)4-9(6-10)7-15/h4-6,15H,3,7H2. The lowest BCUT2D eigenvalue weighted by Gasteiger charge is -1.97. The monoisotopic (exact) mass is 205 g/mol. The fourth-order valence-electron chi connectivity index (χ4n) is 1.02. The second-order valence-corrected chi connectivity index (χ2v) is 2.70. The molecule has 0 saturated heterocycles. The van der Waals surface area contributed by atoms with Gasteiger partial charge in [0.25, 0.3) is 0 Å². The quantitative estimate of drug-likeness (QED) is 0.341. The average Bonchev–Trinajstić information content (AvgIpc) is 2.23. The van der Waals surface area contributed by atoms with Gasteiger partial charge in [-0.15, -0.1) is 0 Å². The molecule has 0 unspecified atom stereocenters. The van der Waals surface area contributed by atoms with E-state index in [0.717, 1.165) is 0 Å². The molecule has 5 heteroatoms.